The Morgan fingerprint density at radius 3 is 1.55 bits per heavy atom. The van der Waals surface area contributed by atoms with Crippen molar-refractivity contribution in [2.45, 2.75) is 6.92 Å². The second-order valence-corrected chi connectivity index (χ2v) is 2.09. The predicted molar refractivity (Wildman–Crippen MR) is 29.7 cm³/mol. The Balaban J connectivity index is 0. The fraction of sp³-hybridized carbons (Fsp3) is 0.500. The van der Waals surface area contributed by atoms with E-state index in [2.05, 4.69) is 9.22 Å². The monoisotopic (exact) mass is 190 g/mol. The molecule has 0 radical (unpaired) electrons. The van der Waals surface area contributed by atoms with Gasteiger partial charge in [-0.1, -0.05) is 4.33 Å². The van der Waals surface area contributed by atoms with E-state index in [0.29, 0.717) is 0 Å². The van der Waals surface area contributed by atoms with Crippen LogP contribution < -0.4 is 0 Å². The van der Waals surface area contributed by atoms with Crippen molar-refractivity contribution in [1.82, 2.24) is 0 Å². The first kappa shape index (κ1) is 12.9. The van der Waals surface area contributed by atoms with E-state index >= 15 is 0 Å². The summed E-state index contributed by atoms with van der Waals surface area (Å²) in [5.41, 5.74) is 0. The zero-order valence-electron chi connectivity index (χ0n) is 5.29. The van der Waals surface area contributed by atoms with Crippen LogP contribution in [0.1, 0.15) is 6.92 Å². The molecule has 0 aromatic carbocycles. The van der Waals surface area contributed by atoms with Gasteiger partial charge in [0.25, 0.3) is 0 Å². The van der Waals surface area contributed by atoms with E-state index in [1.54, 1.807) is 0 Å². The smallest absolute Gasteiger partial charge is 0.301 e. The maximum atomic E-state index is 9.34. The van der Waals surface area contributed by atoms with Crippen LogP contribution in [0, 0.1) is 0 Å². The second-order valence-electron chi connectivity index (χ2n) is 1.09. The Labute approximate surface area is 61.8 Å². The number of hydrogen-bond donors (Lipinski definition) is 3. The van der Waals surface area contributed by atoms with Crippen molar-refractivity contribution < 1.29 is 37.5 Å². The van der Waals surface area contributed by atoms with Crippen molar-refractivity contribution in [3.63, 3.8) is 0 Å². The second kappa shape index (κ2) is 6.00. The molecular weight excluding hydrogens is 184 g/mol. The van der Waals surface area contributed by atoms with Crippen LogP contribution in [-0.4, -0.2) is 29.5 Å². The fourth-order valence-corrected chi connectivity index (χ4v) is 0. The van der Waals surface area contributed by atoms with Gasteiger partial charge in [-0.15, -0.1) is 0 Å². The summed E-state index contributed by atoms with van der Waals surface area (Å²) in [5.74, 6) is -0.690. The average Bonchev–Trinajstić information content (AvgIpc) is 1.88. The first-order chi connectivity index (χ1) is 4.83. The average molecular weight is 190 g/mol. The molecule has 68 valence electrons. The molecule has 0 saturated heterocycles. The molecule has 0 aliphatic rings. The summed E-state index contributed by atoms with van der Waals surface area (Å²) in [6.07, 6.45) is 0. The van der Waals surface area contributed by atoms with Crippen molar-refractivity contribution in [1.29, 1.82) is 0 Å². The lowest BCUT2D eigenvalue weighted by Crippen LogP contribution is -1.97. The van der Waals surface area contributed by atoms with Crippen molar-refractivity contribution in [3.05, 3.63) is 0 Å². The minimum absolute atomic E-state index is 0.690. The highest BCUT2D eigenvalue weighted by Gasteiger charge is 1.97. The van der Waals surface area contributed by atoms with E-state index < -0.39 is 16.4 Å². The zero-order valence-corrected chi connectivity index (χ0v) is 6.11. The van der Waals surface area contributed by atoms with E-state index in [4.69, 9.17) is 23.5 Å². The molecule has 9 heteroatoms. The van der Waals surface area contributed by atoms with E-state index in [1.807, 2.05) is 0 Å². The molecule has 3 N–H and O–H groups in total. The van der Waals surface area contributed by atoms with Crippen LogP contribution >= 0.6 is 0 Å². The lowest BCUT2D eigenvalue weighted by molar-refractivity contribution is -0.231. The third kappa shape index (κ3) is 26.9. The van der Waals surface area contributed by atoms with Crippen LogP contribution in [0.5, 0.6) is 0 Å². The third-order valence-corrected chi connectivity index (χ3v) is 0.411. The number of hydrogen-bond acceptors (Lipinski definition) is 7. The molecule has 0 aliphatic heterocycles. The Kier molecular flexibility index (Phi) is 7.04. The van der Waals surface area contributed by atoms with Crippen molar-refractivity contribution in [3.8, 4) is 0 Å². The van der Waals surface area contributed by atoms with Crippen LogP contribution in [0.25, 0.3) is 0 Å². The van der Waals surface area contributed by atoms with Crippen LogP contribution in [0.4, 0.5) is 0 Å². The molecule has 0 fully saturated rings. The summed E-state index contributed by atoms with van der Waals surface area (Å²) in [6.45, 7) is 1.11. The Hall–Kier alpha value is -0.740. The molecule has 0 heterocycles. The first-order valence-electron chi connectivity index (χ1n) is 1.96. The van der Waals surface area contributed by atoms with Gasteiger partial charge in [-0.2, -0.15) is 13.7 Å². The van der Waals surface area contributed by atoms with Crippen LogP contribution in [0.3, 0.4) is 0 Å². The van der Waals surface area contributed by atoms with Crippen LogP contribution in [0.15, 0.2) is 0 Å². The molecule has 0 bridgehead atoms. The topological polar surface area (TPSA) is 130 Å². The lowest BCUT2D eigenvalue weighted by atomic mass is 10.9. The van der Waals surface area contributed by atoms with Gasteiger partial charge in [0.1, 0.15) is 0 Å². The van der Waals surface area contributed by atoms with Gasteiger partial charge in [0.05, 0.1) is 0 Å². The minimum atomic E-state index is -4.61. The molecule has 0 aliphatic carbocycles. The minimum Gasteiger partial charge on any atom is -0.301 e. The quantitative estimate of drug-likeness (QED) is 0.281. The molecule has 0 aromatic heterocycles. The van der Waals surface area contributed by atoms with Gasteiger partial charge in [-0.3, -0.25) is 4.55 Å². The molecule has 0 spiro atoms. The van der Waals surface area contributed by atoms with E-state index in [0.717, 1.165) is 6.92 Å². The molecule has 0 saturated carbocycles. The van der Waals surface area contributed by atoms with Crippen LogP contribution in [-0.2, 0) is 24.4 Å². The van der Waals surface area contributed by atoms with Gasteiger partial charge in [0.15, 0.2) is 0 Å². The van der Waals surface area contributed by atoms with E-state index in [-0.39, 0.29) is 0 Å². The predicted octanol–water partition coefficient (Wildman–Crippen LogP) is -0.699. The summed E-state index contributed by atoms with van der Waals surface area (Å²) < 4.78 is 28.0. The Morgan fingerprint density at radius 2 is 1.55 bits per heavy atom. The molecular formula is C2H6O8S. The fourth-order valence-electron chi connectivity index (χ4n) is 0. The molecule has 8 nitrogen and oxygen atoms in total. The van der Waals surface area contributed by atoms with Crippen molar-refractivity contribution >= 4 is 16.4 Å². The van der Waals surface area contributed by atoms with Gasteiger partial charge in [-0.25, -0.2) is 10.1 Å². The van der Waals surface area contributed by atoms with Crippen molar-refractivity contribution in [2.75, 3.05) is 0 Å². The van der Waals surface area contributed by atoms with E-state index in [1.165, 1.54) is 0 Å². The molecule has 0 atom stereocenters. The molecule has 11 heavy (non-hydrogen) atoms. The SMILES string of the molecule is CC(=O)OO.O=S(=O)(O)OO. The number of carbonyl (C=O) groups excluding carboxylic acids is 1. The summed E-state index contributed by atoms with van der Waals surface area (Å²) in [6, 6.07) is 0. The summed E-state index contributed by atoms with van der Waals surface area (Å²) in [4.78, 5) is 12.5. The maximum Gasteiger partial charge on any atom is 0.423 e. The first-order valence-corrected chi connectivity index (χ1v) is 3.32. The van der Waals surface area contributed by atoms with Crippen LogP contribution in [0.2, 0.25) is 0 Å². The summed E-state index contributed by atoms with van der Waals surface area (Å²) >= 11 is 0. The maximum absolute atomic E-state index is 9.34. The molecule has 0 aromatic rings. The van der Waals surface area contributed by atoms with Gasteiger partial charge < -0.3 is 4.89 Å². The van der Waals surface area contributed by atoms with E-state index in [9.17, 15) is 4.79 Å². The largest absolute Gasteiger partial charge is 0.423 e. The van der Waals surface area contributed by atoms with Gasteiger partial charge in [0.2, 0.25) is 0 Å². The highest BCUT2D eigenvalue weighted by molar-refractivity contribution is 7.80. The summed E-state index contributed by atoms with van der Waals surface area (Å²) in [7, 11) is -4.61. The standard InChI is InChI=1S/C2H4O3.H2O5S/c1-2(3)5-4;1-5-6(2,3)4/h4H,1H3;1H,(H,2,3,4). The van der Waals surface area contributed by atoms with Crippen molar-refractivity contribution in [2.24, 2.45) is 0 Å². The highest BCUT2D eigenvalue weighted by Crippen LogP contribution is 1.74. The number of rotatable bonds is 1. The van der Waals surface area contributed by atoms with Gasteiger partial charge >= 0.3 is 16.4 Å². The molecule has 0 unspecified atom stereocenters. The lowest BCUT2D eigenvalue weighted by Gasteiger charge is -1.79. The zero-order chi connectivity index (χ0) is 9.49. The molecule has 0 rings (SSSR count). The Bertz CT molecular complexity index is 190. The number of carbonyl (C=O) groups is 1. The van der Waals surface area contributed by atoms with Gasteiger partial charge in [-0.05, 0) is 0 Å². The summed E-state index contributed by atoms with van der Waals surface area (Å²) in [5, 5.41) is 14.4. The Morgan fingerprint density at radius 1 is 1.36 bits per heavy atom. The third-order valence-electron chi connectivity index (χ3n) is 0.223. The normalized spacial score (nSPS) is 9.45. The van der Waals surface area contributed by atoms with Gasteiger partial charge in [0, 0.05) is 6.92 Å². The highest BCUT2D eigenvalue weighted by atomic mass is 32.3. The molecule has 0 amide bonds.